The lowest BCUT2D eigenvalue weighted by molar-refractivity contribution is 0.436. The molecule has 0 radical (unpaired) electrons. The van der Waals surface area contributed by atoms with Crippen LogP contribution in [0.25, 0.3) is 0 Å². The highest BCUT2D eigenvalue weighted by atomic mass is 32.2. The second-order valence-corrected chi connectivity index (χ2v) is 6.16. The van der Waals surface area contributed by atoms with Gasteiger partial charge in [-0.15, -0.1) is 0 Å². The molecule has 2 heterocycles. The predicted octanol–water partition coefficient (Wildman–Crippen LogP) is 2.61. The number of nitrogens with zero attached hydrogens (tertiary/aromatic N) is 2. The average Bonchev–Trinajstić information content (AvgIpc) is 2.28. The molecule has 0 amide bonds. The zero-order chi connectivity index (χ0) is 12.3. The summed E-state index contributed by atoms with van der Waals surface area (Å²) >= 11 is 1.80. The Balaban J connectivity index is 1.89. The van der Waals surface area contributed by atoms with Gasteiger partial charge >= 0.3 is 0 Å². The van der Waals surface area contributed by atoms with E-state index in [1.165, 1.54) is 0 Å². The van der Waals surface area contributed by atoms with Gasteiger partial charge in [0.1, 0.15) is 0 Å². The molecule has 1 aromatic rings. The number of hydrogen-bond donors (Lipinski definition) is 1. The quantitative estimate of drug-likeness (QED) is 0.875. The van der Waals surface area contributed by atoms with Crippen LogP contribution < -0.4 is 5.32 Å². The number of rotatable bonds is 2. The van der Waals surface area contributed by atoms with Crippen molar-refractivity contribution in [2.45, 2.75) is 27.3 Å². The molecule has 2 rings (SSSR count). The van der Waals surface area contributed by atoms with Gasteiger partial charge in [-0.05, 0) is 24.5 Å². The number of nitrogens with one attached hydrogen (secondary N) is 1. The molecule has 92 valence electrons. The molecule has 1 N–H and O–H groups in total. The maximum Gasteiger partial charge on any atom is 0.156 e. The summed E-state index contributed by atoms with van der Waals surface area (Å²) in [6.45, 7) is 8.18. The maximum atomic E-state index is 4.56. The molecule has 3 nitrogen and oxygen atoms in total. The van der Waals surface area contributed by atoms with E-state index in [2.05, 4.69) is 29.1 Å². The Kier molecular flexibility index (Phi) is 3.72. The zero-order valence-electron chi connectivity index (χ0n) is 10.7. The highest BCUT2D eigenvalue weighted by Crippen LogP contribution is 2.26. The van der Waals surface area contributed by atoms with Crippen LogP contribution in [0.5, 0.6) is 0 Å². The standard InChI is InChI=1S/C13H19N3S/c1-10-5-4-6-11(16-10)7-14-12-15-8-13(2,3)9-17-12/h4-6H,7-9H2,1-3H3,(H,14,15). The molecule has 0 aliphatic carbocycles. The van der Waals surface area contributed by atoms with Crippen LogP contribution in [0.4, 0.5) is 0 Å². The third-order valence-electron chi connectivity index (χ3n) is 2.62. The lowest BCUT2D eigenvalue weighted by atomic mass is 9.97. The third-order valence-corrected chi connectivity index (χ3v) is 4.09. The molecule has 0 saturated carbocycles. The van der Waals surface area contributed by atoms with Crippen LogP contribution in [-0.2, 0) is 6.54 Å². The Labute approximate surface area is 107 Å². The number of pyridine rings is 1. The Morgan fingerprint density at radius 3 is 2.88 bits per heavy atom. The van der Waals surface area contributed by atoms with Crippen molar-refractivity contribution in [3.63, 3.8) is 0 Å². The number of amidine groups is 1. The van der Waals surface area contributed by atoms with Crippen molar-refractivity contribution in [3.8, 4) is 0 Å². The number of aliphatic imine (C=N–C) groups is 1. The van der Waals surface area contributed by atoms with Gasteiger partial charge in [-0.3, -0.25) is 9.98 Å². The minimum absolute atomic E-state index is 0.331. The van der Waals surface area contributed by atoms with Crippen molar-refractivity contribution in [3.05, 3.63) is 29.6 Å². The summed E-state index contributed by atoms with van der Waals surface area (Å²) in [5, 5.41) is 4.40. The molecule has 0 saturated heterocycles. The van der Waals surface area contributed by atoms with Crippen LogP contribution in [0.3, 0.4) is 0 Å². The van der Waals surface area contributed by atoms with E-state index in [1.54, 1.807) is 11.8 Å². The molecule has 0 aromatic carbocycles. The lowest BCUT2D eigenvalue weighted by Gasteiger charge is -2.27. The van der Waals surface area contributed by atoms with Crippen LogP contribution in [0.1, 0.15) is 25.2 Å². The average molecular weight is 249 g/mol. The van der Waals surface area contributed by atoms with Crippen LogP contribution in [0.15, 0.2) is 23.2 Å². The van der Waals surface area contributed by atoms with Crippen molar-refractivity contribution in [1.29, 1.82) is 0 Å². The van der Waals surface area contributed by atoms with Gasteiger partial charge in [-0.25, -0.2) is 0 Å². The molecular weight excluding hydrogens is 230 g/mol. The fourth-order valence-electron chi connectivity index (χ4n) is 1.61. The third kappa shape index (κ3) is 3.73. The van der Waals surface area contributed by atoms with Gasteiger partial charge in [0.15, 0.2) is 5.17 Å². The molecule has 1 aliphatic heterocycles. The van der Waals surface area contributed by atoms with Gasteiger partial charge < -0.3 is 5.32 Å². The zero-order valence-corrected chi connectivity index (χ0v) is 11.5. The van der Waals surface area contributed by atoms with E-state index in [-0.39, 0.29) is 0 Å². The second-order valence-electron chi connectivity index (χ2n) is 5.20. The van der Waals surface area contributed by atoms with Crippen LogP contribution in [-0.4, -0.2) is 22.4 Å². The number of hydrogen-bond acceptors (Lipinski definition) is 4. The first-order valence-corrected chi connectivity index (χ1v) is 6.87. The monoisotopic (exact) mass is 249 g/mol. The van der Waals surface area contributed by atoms with Crippen molar-refractivity contribution in [1.82, 2.24) is 10.3 Å². The van der Waals surface area contributed by atoms with E-state index < -0.39 is 0 Å². The van der Waals surface area contributed by atoms with E-state index in [1.807, 2.05) is 25.1 Å². The summed E-state index contributed by atoms with van der Waals surface area (Å²) in [6, 6.07) is 6.09. The minimum Gasteiger partial charge on any atom is -0.359 e. The van der Waals surface area contributed by atoms with E-state index in [0.717, 1.165) is 35.4 Å². The summed E-state index contributed by atoms with van der Waals surface area (Å²) in [4.78, 5) is 9.02. The first kappa shape index (κ1) is 12.4. The minimum atomic E-state index is 0.331. The summed E-state index contributed by atoms with van der Waals surface area (Å²) < 4.78 is 0. The first-order chi connectivity index (χ1) is 8.05. The van der Waals surface area contributed by atoms with Crippen molar-refractivity contribution in [2.24, 2.45) is 10.4 Å². The number of aromatic nitrogens is 1. The Hall–Kier alpha value is -1.03. The molecular formula is C13H19N3S. The van der Waals surface area contributed by atoms with Gasteiger partial charge in [0.25, 0.3) is 0 Å². The fourth-order valence-corrected chi connectivity index (χ4v) is 2.56. The van der Waals surface area contributed by atoms with E-state index in [4.69, 9.17) is 0 Å². The van der Waals surface area contributed by atoms with E-state index in [9.17, 15) is 0 Å². The van der Waals surface area contributed by atoms with Gasteiger partial charge in [0.2, 0.25) is 0 Å². The summed E-state index contributed by atoms with van der Waals surface area (Å²) in [7, 11) is 0. The van der Waals surface area contributed by atoms with Crippen molar-refractivity contribution in [2.75, 3.05) is 12.3 Å². The highest BCUT2D eigenvalue weighted by molar-refractivity contribution is 8.13. The predicted molar refractivity (Wildman–Crippen MR) is 74.4 cm³/mol. The molecule has 0 bridgehead atoms. The van der Waals surface area contributed by atoms with Crippen LogP contribution in [0.2, 0.25) is 0 Å². The summed E-state index contributed by atoms with van der Waals surface area (Å²) in [5.41, 5.74) is 2.46. The second kappa shape index (κ2) is 5.08. The van der Waals surface area contributed by atoms with Gasteiger partial charge in [0, 0.05) is 18.0 Å². The number of thioether (sulfide) groups is 1. The first-order valence-electron chi connectivity index (χ1n) is 5.89. The van der Waals surface area contributed by atoms with Crippen LogP contribution >= 0.6 is 11.8 Å². The van der Waals surface area contributed by atoms with E-state index in [0.29, 0.717) is 5.41 Å². The molecule has 1 aliphatic rings. The smallest absolute Gasteiger partial charge is 0.156 e. The number of aryl methyl sites for hydroxylation is 1. The summed E-state index contributed by atoms with van der Waals surface area (Å²) in [5.74, 6) is 1.13. The highest BCUT2D eigenvalue weighted by Gasteiger charge is 2.23. The molecule has 0 spiro atoms. The molecule has 1 aromatic heterocycles. The van der Waals surface area contributed by atoms with Gasteiger partial charge in [0.05, 0.1) is 12.2 Å². The molecule has 0 atom stereocenters. The van der Waals surface area contributed by atoms with Gasteiger partial charge in [-0.2, -0.15) is 0 Å². The largest absolute Gasteiger partial charge is 0.359 e. The van der Waals surface area contributed by atoms with E-state index >= 15 is 0 Å². The molecule has 17 heavy (non-hydrogen) atoms. The summed E-state index contributed by atoms with van der Waals surface area (Å²) in [6.07, 6.45) is 0. The molecule has 0 unspecified atom stereocenters. The Bertz CT molecular complexity index is 426. The molecule has 0 fully saturated rings. The topological polar surface area (TPSA) is 37.3 Å². The fraction of sp³-hybridized carbons (Fsp3) is 0.538. The molecule has 4 heteroatoms. The van der Waals surface area contributed by atoms with Gasteiger partial charge in [-0.1, -0.05) is 31.7 Å². The van der Waals surface area contributed by atoms with Crippen molar-refractivity contribution >= 4 is 16.9 Å². The Morgan fingerprint density at radius 2 is 2.24 bits per heavy atom. The SMILES string of the molecule is Cc1cccc(CNC2=NCC(C)(C)CS2)n1. The normalized spacial score (nSPS) is 18.6. The Morgan fingerprint density at radius 1 is 1.41 bits per heavy atom. The lowest BCUT2D eigenvalue weighted by Crippen LogP contribution is -2.31. The van der Waals surface area contributed by atoms with Crippen LogP contribution in [0, 0.1) is 12.3 Å². The van der Waals surface area contributed by atoms with Crippen molar-refractivity contribution < 1.29 is 0 Å². The maximum absolute atomic E-state index is 4.56.